The molecule has 2 fully saturated rings. The maximum absolute atomic E-state index is 4.42. The molecule has 0 atom stereocenters. The van der Waals surface area contributed by atoms with Gasteiger partial charge in [0.25, 0.3) is 0 Å². The summed E-state index contributed by atoms with van der Waals surface area (Å²) in [7, 11) is 1.86. The van der Waals surface area contributed by atoms with Gasteiger partial charge in [-0.2, -0.15) is 0 Å². The number of aryl methyl sites for hydroxylation is 1. The number of halogens is 1. The Bertz CT molecular complexity index is 772. The number of rotatable bonds is 5. The van der Waals surface area contributed by atoms with Crippen LogP contribution in [0.3, 0.4) is 0 Å². The van der Waals surface area contributed by atoms with Gasteiger partial charge in [0.1, 0.15) is 0 Å². The zero-order valence-corrected chi connectivity index (χ0v) is 18.8. The summed E-state index contributed by atoms with van der Waals surface area (Å²) in [4.78, 5) is 10.5. The summed E-state index contributed by atoms with van der Waals surface area (Å²) in [6, 6.07) is 7.94. The van der Waals surface area contributed by atoms with E-state index in [0.717, 1.165) is 25.0 Å². The van der Waals surface area contributed by atoms with Gasteiger partial charge < -0.3 is 20.5 Å². The summed E-state index contributed by atoms with van der Waals surface area (Å²) in [5, 5.41) is 8.44. The molecule has 2 aromatic rings. The highest BCUT2D eigenvalue weighted by Crippen LogP contribution is 2.29. The molecule has 1 saturated heterocycles. The van der Waals surface area contributed by atoms with E-state index in [1.807, 2.05) is 7.05 Å². The number of hydrogen-bond acceptors (Lipinski definition) is 2. The van der Waals surface area contributed by atoms with Gasteiger partial charge in [0, 0.05) is 55.9 Å². The first-order valence-electron chi connectivity index (χ1n) is 10.0. The Kier molecular flexibility index (Phi) is 7.03. The zero-order chi connectivity index (χ0) is 17.9. The number of H-pyrrole nitrogens is 1. The predicted octanol–water partition coefficient (Wildman–Crippen LogP) is 3.43. The van der Waals surface area contributed by atoms with Crippen molar-refractivity contribution in [3.8, 4) is 0 Å². The largest absolute Gasteiger partial charge is 0.361 e. The monoisotopic (exact) mass is 481 g/mol. The number of para-hydroxylation sites is 1. The number of likely N-dealkylation sites (tertiary alicyclic amines) is 1. The molecule has 0 bridgehead atoms. The quantitative estimate of drug-likeness (QED) is 0.349. The summed E-state index contributed by atoms with van der Waals surface area (Å²) in [6.07, 6.45) is 8.40. The smallest absolute Gasteiger partial charge is 0.191 e. The maximum atomic E-state index is 4.42. The molecule has 27 heavy (non-hydrogen) atoms. The highest BCUT2D eigenvalue weighted by atomic mass is 127. The molecule has 1 saturated carbocycles. The van der Waals surface area contributed by atoms with Gasteiger partial charge in [0.05, 0.1) is 0 Å². The van der Waals surface area contributed by atoms with E-state index < -0.39 is 0 Å². The van der Waals surface area contributed by atoms with Gasteiger partial charge >= 0.3 is 0 Å². The van der Waals surface area contributed by atoms with Crippen LogP contribution in [0.4, 0.5) is 0 Å². The van der Waals surface area contributed by atoms with Gasteiger partial charge in [-0.15, -0.1) is 24.0 Å². The van der Waals surface area contributed by atoms with E-state index in [2.05, 4.69) is 56.8 Å². The molecular weight excluding hydrogens is 449 g/mol. The third-order valence-corrected chi connectivity index (χ3v) is 5.85. The van der Waals surface area contributed by atoms with Crippen molar-refractivity contribution >= 4 is 40.8 Å². The molecule has 1 aromatic heterocycles. The van der Waals surface area contributed by atoms with E-state index in [0.29, 0.717) is 6.04 Å². The molecule has 1 aliphatic carbocycles. The summed E-state index contributed by atoms with van der Waals surface area (Å²) in [5.74, 6) is 0.936. The van der Waals surface area contributed by atoms with E-state index in [1.165, 1.54) is 60.8 Å². The van der Waals surface area contributed by atoms with E-state index >= 15 is 0 Å². The fraction of sp³-hybridized carbons (Fsp3) is 0.571. The lowest BCUT2D eigenvalue weighted by molar-refractivity contribution is 0.197. The number of guanidine groups is 1. The average Bonchev–Trinajstić information content (AvgIpc) is 3.43. The van der Waals surface area contributed by atoms with Crippen LogP contribution in [-0.2, 0) is 6.42 Å². The Morgan fingerprint density at radius 3 is 2.70 bits per heavy atom. The van der Waals surface area contributed by atoms with Gasteiger partial charge in [0.2, 0.25) is 0 Å². The highest BCUT2D eigenvalue weighted by molar-refractivity contribution is 14.0. The van der Waals surface area contributed by atoms with Crippen LogP contribution in [0.25, 0.3) is 10.9 Å². The van der Waals surface area contributed by atoms with Crippen molar-refractivity contribution in [2.45, 2.75) is 51.1 Å². The fourth-order valence-corrected chi connectivity index (χ4v) is 4.12. The number of benzene rings is 1. The summed E-state index contributed by atoms with van der Waals surface area (Å²) in [6.45, 7) is 5.50. The van der Waals surface area contributed by atoms with Crippen LogP contribution in [0, 0.1) is 6.92 Å². The maximum Gasteiger partial charge on any atom is 0.191 e. The summed E-state index contributed by atoms with van der Waals surface area (Å²) >= 11 is 0. The van der Waals surface area contributed by atoms with E-state index in [9.17, 15) is 0 Å². The van der Waals surface area contributed by atoms with E-state index in [-0.39, 0.29) is 24.0 Å². The second-order valence-corrected chi connectivity index (χ2v) is 7.75. The Morgan fingerprint density at radius 1 is 1.22 bits per heavy atom. The Morgan fingerprint density at radius 2 is 2.00 bits per heavy atom. The molecule has 148 valence electrons. The molecule has 0 unspecified atom stereocenters. The minimum atomic E-state index is 0. The SMILES string of the molecule is CN=C(NCCc1c[nH]c2c(C)cccc12)NC1CCN(C2CC2)CC1.I. The predicted molar refractivity (Wildman–Crippen MR) is 124 cm³/mol. The van der Waals surface area contributed by atoms with Gasteiger partial charge in [-0.05, 0) is 50.2 Å². The lowest BCUT2D eigenvalue weighted by atomic mass is 10.1. The number of piperidine rings is 1. The van der Waals surface area contributed by atoms with Gasteiger partial charge in [-0.25, -0.2) is 0 Å². The summed E-state index contributed by atoms with van der Waals surface area (Å²) < 4.78 is 0. The van der Waals surface area contributed by atoms with E-state index in [4.69, 9.17) is 0 Å². The van der Waals surface area contributed by atoms with Gasteiger partial charge in [-0.3, -0.25) is 4.99 Å². The first kappa shape index (κ1) is 20.5. The second-order valence-electron chi connectivity index (χ2n) is 7.75. The molecule has 5 nitrogen and oxygen atoms in total. The first-order valence-corrected chi connectivity index (χ1v) is 10.0. The molecule has 1 aromatic carbocycles. The van der Waals surface area contributed by atoms with Crippen molar-refractivity contribution in [2.24, 2.45) is 4.99 Å². The third kappa shape index (κ3) is 4.96. The number of aromatic nitrogens is 1. The van der Waals surface area contributed by atoms with Crippen molar-refractivity contribution < 1.29 is 0 Å². The van der Waals surface area contributed by atoms with Crippen molar-refractivity contribution in [1.82, 2.24) is 20.5 Å². The zero-order valence-electron chi connectivity index (χ0n) is 16.4. The lowest BCUT2D eigenvalue weighted by Gasteiger charge is -2.33. The molecule has 0 amide bonds. The second kappa shape index (κ2) is 9.28. The van der Waals surface area contributed by atoms with Crippen molar-refractivity contribution in [3.05, 3.63) is 35.5 Å². The van der Waals surface area contributed by atoms with Crippen molar-refractivity contribution in [1.29, 1.82) is 0 Å². The minimum absolute atomic E-state index is 0. The van der Waals surface area contributed by atoms with Gasteiger partial charge in [-0.1, -0.05) is 18.2 Å². The number of nitrogens with one attached hydrogen (secondary N) is 3. The molecule has 6 heteroatoms. The van der Waals surface area contributed by atoms with Crippen LogP contribution in [0.15, 0.2) is 29.4 Å². The number of aromatic amines is 1. The molecule has 0 spiro atoms. The number of fused-ring (bicyclic) bond motifs is 1. The van der Waals surface area contributed by atoms with Gasteiger partial charge in [0.15, 0.2) is 5.96 Å². The van der Waals surface area contributed by atoms with Crippen LogP contribution in [0.2, 0.25) is 0 Å². The Labute approximate surface area is 179 Å². The highest BCUT2D eigenvalue weighted by Gasteiger charge is 2.31. The molecule has 4 rings (SSSR count). The third-order valence-electron chi connectivity index (χ3n) is 5.85. The lowest BCUT2D eigenvalue weighted by Crippen LogP contribution is -2.49. The van der Waals surface area contributed by atoms with Crippen LogP contribution in [0.1, 0.15) is 36.8 Å². The van der Waals surface area contributed by atoms with Crippen LogP contribution >= 0.6 is 24.0 Å². The topological polar surface area (TPSA) is 55.5 Å². The van der Waals surface area contributed by atoms with Crippen molar-refractivity contribution in [3.63, 3.8) is 0 Å². The van der Waals surface area contributed by atoms with E-state index in [1.54, 1.807) is 0 Å². The van der Waals surface area contributed by atoms with Crippen LogP contribution < -0.4 is 10.6 Å². The minimum Gasteiger partial charge on any atom is -0.361 e. The molecule has 3 N–H and O–H groups in total. The Hall–Kier alpha value is -1.28. The number of nitrogens with zero attached hydrogens (tertiary/aromatic N) is 2. The summed E-state index contributed by atoms with van der Waals surface area (Å²) in [5.41, 5.74) is 3.92. The standard InChI is InChI=1S/C21H31N5.HI/c1-15-4-3-5-19-16(14-24-20(15)19)8-11-23-21(22-2)25-17-9-12-26(13-10-17)18-6-7-18;/h3-5,14,17-18,24H,6-13H2,1-2H3,(H2,22,23,25);1H. The first-order chi connectivity index (χ1) is 12.7. The normalized spacial score (nSPS) is 19.1. The molecule has 2 heterocycles. The van der Waals surface area contributed by atoms with Crippen LogP contribution in [-0.4, -0.2) is 54.6 Å². The molecule has 2 aliphatic rings. The Balaban J connectivity index is 0.00000210. The van der Waals surface area contributed by atoms with Crippen molar-refractivity contribution in [2.75, 3.05) is 26.7 Å². The molecule has 0 radical (unpaired) electrons. The fourth-order valence-electron chi connectivity index (χ4n) is 4.12. The molecule has 1 aliphatic heterocycles. The average molecular weight is 481 g/mol. The molecular formula is C21H32IN5. The number of aliphatic imine (C=N–C) groups is 1. The number of hydrogen-bond donors (Lipinski definition) is 3. The van der Waals surface area contributed by atoms with Crippen LogP contribution in [0.5, 0.6) is 0 Å².